The molecule has 2 fully saturated rings. The highest BCUT2D eigenvalue weighted by atomic mass is 32.2. The summed E-state index contributed by atoms with van der Waals surface area (Å²) in [6.07, 6.45) is 5.71. The number of carbonyl (C=O) groups is 1. The SMILES string of the molecule is CCCN1CCN(C(=O)C2CCCN(S(=O)(=O)c3cn(C(C)C)cn3)C2)CC1. The van der Waals surface area contributed by atoms with Gasteiger partial charge in [-0.2, -0.15) is 4.31 Å². The second kappa shape index (κ2) is 8.92. The minimum absolute atomic E-state index is 0.0717. The number of hydrogen-bond donors (Lipinski definition) is 0. The van der Waals surface area contributed by atoms with E-state index in [1.807, 2.05) is 18.7 Å². The number of imidazole rings is 1. The van der Waals surface area contributed by atoms with Gasteiger partial charge in [-0.15, -0.1) is 0 Å². The Hall–Kier alpha value is -1.45. The molecule has 158 valence electrons. The first kappa shape index (κ1) is 21.3. The van der Waals surface area contributed by atoms with Crippen LogP contribution in [0.3, 0.4) is 0 Å². The second-order valence-corrected chi connectivity index (χ2v) is 10.0. The second-order valence-electron chi connectivity index (χ2n) is 8.12. The Morgan fingerprint density at radius 3 is 2.54 bits per heavy atom. The molecule has 1 aromatic rings. The van der Waals surface area contributed by atoms with E-state index >= 15 is 0 Å². The first-order valence-electron chi connectivity index (χ1n) is 10.4. The molecule has 1 aromatic heterocycles. The van der Waals surface area contributed by atoms with Crippen LogP contribution in [0, 0.1) is 5.92 Å². The van der Waals surface area contributed by atoms with Crippen LogP contribution < -0.4 is 0 Å². The molecule has 9 heteroatoms. The van der Waals surface area contributed by atoms with Crippen molar-refractivity contribution in [1.82, 2.24) is 23.7 Å². The van der Waals surface area contributed by atoms with Gasteiger partial charge in [0.1, 0.15) is 0 Å². The third-order valence-corrected chi connectivity index (χ3v) is 7.49. The van der Waals surface area contributed by atoms with Crippen molar-refractivity contribution in [2.24, 2.45) is 5.92 Å². The molecule has 1 unspecified atom stereocenters. The van der Waals surface area contributed by atoms with E-state index in [0.717, 1.165) is 45.6 Å². The maximum Gasteiger partial charge on any atom is 0.262 e. The zero-order valence-corrected chi connectivity index (χ0v) is 18.1. The fraction of sp³-hybridized carbons (Fsp3) is 0.789. The molecule has 8 nitrogen and oxygen atoms in total. The van der Waals surface area contributed by atoms with E-state index in [9.17, 15) is 13.2 Å². The molecule has 3 heterocycles. The van der Waals surface area contributed by atoms with E-state index in [2.05, 4.69) is 16.8 Å². The highest BCUT2D eigenvalue weighted by molar-refractivity contribution is 7.89. The minimum Gasteiger partial charge on any atom is -0.340 e. The summed E-state index contributed by atoms with van der Waals surface area (Å²) in [5, 5.41) is 0.0717. The smallest absolute Gasteiger partial charge is 0.262 e. The lowest BCUT2D eigenvalue weighted by Gasteiger charge is -2.38. The van der Waals surface area contributed by atoms with Gasteiger partial charge in [-0.3, -0.25) is 9.69 Å². The number of hydrogen-bond acceptors (Lipinski definition) is 5. The lowest BCUT2D eigenvalue weighted by atomic mass is 9.98. The molecule has 0 spiro atoms. The predicted molar refractivity (Wildman–Crippen MR) is 107 cm³/mol. The summed E-state index contributed by atoms with van der Waals surface area (Å²) in [6, 6.07) is 0.151. The van der Waals surface area contributed by atoms with Crippen LogP contribution in [-0.4, -0.2) is 83.8 Å². The zero-order valence-electron chi connectivity index (χ0n) is 17.2. The number of rotatable bonds is 6. The molecule has 3 rings (SSSR count). The van der Waals surface area contributed by atoms with Crippen LogP contribution in [0.15, 0.2) is 17.6 Å². The summed E-state index contributed by atoms with van der Waals surface area (Å²) < 4.78 is 29.2. The van der Waals surface area contributed by atoms with Gasteiger partial charge in [0, 0.05) is 51.5 Å². The number of piperazine rings is 1. The fourth-order valence-corrected chi connectivity index (χ4v) is 5.44. The van der Waals surface area contributed by atoms with Gasteiger partial charge in [-0.25, -0.2) is 13.4 Å². The molecular weight excluding hydrogens is 378 g/mol. The Morgan fingerprint density at radius 2 is 1.93 bits per heavy atom. The molecule has 0 radical (unpaired) electrons. The number of sulfonamides is 1. The van der Waals surface area contributed by atoms with Crippen LogP contribution >= 0.6 is 0 Å². The van der Waals surface area contributed by atoms with Crippen molar-refractivity contribution >= 4 is 15.9 Å². The third-order valence-electron chi connectivity index (χ3n) is 5.74. The molecule has 2 saturated heterocycles. The summed E-state index contributed by atoms with van der Waals surface area (Å²) in [7, 11) is -3.67. The average molecular weight is 412 g/mol. The molecule has 0 bridgehead atoms. The largest absolute Gasteiger partial charge is 0.340 e. The quantitative estimate of drug-likeness (QED) is 0.707. The van der Waals surface area contributed by atoms with Gasteiger partial charge in [-0.05, 0) is 39.7 Å². The number of piperidine rings is 1. The Labute approximate surface area is 168 Å². The molecular formula is C19H33N5O3S. The topological polar surface area (TPSA) is 78.8 Å². The van der Waals surface area contributed by atoms with E-state index in [1.54, 1.807) is 17.1 Å². The predicted octanol–water partition coefficient (Wildman–Crippen LogP) is 1.42. The van der Waals surface area contributed by atoms with Crippen LogP contribution in [0.4, 0.5) is 0 Å². The third kappa shape index (κ3) is 4.58. The van der Waals surface area contributed by atoms with Crippen LogP contribution in [-0.2, 0) is 14.8 Å². The lowest BCUT2D eigenvalue weighted by Crippen LogP contribution is -2.53. The van der Waals surface area contributed by atoms with E-state index in [1.165, 1.54) is 4.31 Å². The van der Waals surface area contributed by atoms with Crippen molar-refractivity contribution in [3.8, 4) is 0 Å². The summed E-state index contributed by atoms with van der Waals surface area (Å²) in [5.41, 5.74) is 0. The molecule has 1 amide bonds. The van der Waals surface area contributed by atoms with Gasteiger partial charge >= 0.3 is 0 Å². The van der Waals surface area contributed by atoms with E-state index in [4.69, 9.17) is 0 Å². The van der Waals surface area contributed by atoms with Crippen molar-refractivity contribution in [3.63, 3.8) is 0 Å². The molecule has 2 aliphatic rings. The number of amides is 1. The highest BCUT2D eigenvalue weighted by Gasteiger charge is 2.36. The molecule has 0 N–H and O–H groups in total. The molecule has 0 aliphatic carbocycles. The van der Waals surface area contributed by atoms with Gasteiger partial charge in [0.15, 0.2) is 5.03 Å². The normalized spacial score (nSPS) is 22.7. The van der Waals surface area contributed by atoms with E-state index in [0.29, 0.717) is 13.0 Å². The van der Waals surface area contributed by atoms with Gasteiger partial charge in [0.05, 0.1) is 12.2 Å². The van der Waals surface area contributed by atoms with Crippen molar-refractivity contribution in [3.05, 3.63) is 12.5 Å². The van der Waals surface area contributed by atoms with Gasteiger partial charge in [0.2, 0.25) is 5.91 Å². The fourth-order valence-electron chi connectivity index (χ4n) is 3.99. The van der Waals surface area contributed by atoms with Crippen molar-refractivity contribution in [1.29, 1.82) is 0 Å². The maximum atomic E-state index is 13.0. The van der Waals surface area contributed by atoms with Crippen LogP contribution in [0.1, 0.15) is 46.1 Å². The Kier molecular flexibility index (Phi) is 6.77. The van der Waals surface area contributed by atoms with Gasteiger partial charge < -0.3 is 9.47 Å². The van der Waals surface area contributed by atoms with Gasteiger partial charge in [-0.1, -0.05) is 6.92 Å². The number of nitrogens with zero attached hydrogens (tertiary/aromatic N) is 5. The lowest BCUT2D eigenvalue weighted by molar-refractivity contribution is -0.138. The van der Waals surface area contributed by atoms with Crippen molar-refractivity contribution < 1.29 is 13.2 Å². The summed E-state index contributed by atoms with van der Waals surface area (Å²) in [6.45, 7) is 11.2. The Balaban J connectivity index is 1.64. The highest BCUT2D eigenvalue weighted by Crippen LogP contribution is 2.25. The molecule has 1 atom stereocenters. The standard InChI is InChI=1S/C19H33N5O3S/c1-4-7-21-9-11-22(12-10-21)19(25)17-6-5-8-24(13-17)28(26,27)18-14-23(15-20-18)16(2)3/h14-17H,4-13H2,1-3H3. The van der Waals surface area contributed by atoms with Crippen molar-refractivity contribution in [2.75, 3.05) is 45.8 Å². The average Bonchev–Trinajstić information content (AvgIpc) is 3.20. The first-order chi connectivity index (χ1) is 13.3. The molecule has 0 aromatic carbocycles. The van der Waals surface area contributed by atoms with E-state index < -0.39 is 10.0 Å². The molecule has 0 saturated carbocycles. The minimum atomic E-state index is -3.67. The van der Waals surface area contributed by atoms with Crippen molar-refractivity contribution in [2.45, 2.75) is 51.1 Å². The molecule has 2 aliphatic heterocycles. The Morgan fingerprint density at radius 1 is 1.21 bits per heavy atom. The van der Waals surface area contributed by atoms with Gasteiger partial charge in [0.25, 0.3) is 10.0 Å². The first-order valence-corrected chi connectivity index (χ1v) is 11.8. The maximum absolute atomic E-state index is 13.0. The summed E-state index contributed by atoms with van der Waals surface area (Å²) in [5.74, 6) is -0.155. The molecule has 28 heavy (non-hydrogen) atoms. The Bertz CT molecular complexity index is 768. The van der Waals surface area contributed by atoms with Crippen LogP contribution in [0.25, 0.3) is 0 Å². The summed E-state index contributed by atoms with van der Waals surface area (Å²) in [4.78, 5) is 21.4. The summed E-state index contributed by atoms with van der Waals surface area (Å²) >= 11 is 0. The van der Waals surface area contributed by atoms with Crippen LogP contribution in [0.2, 0.25) is 0 Å². The monoisotopic (exact) mass is 411 g/mol. The zero-order chi connectivity index (χ0) is 20.3. The van der Waals surface area contributed by atoms with Crippen LogP contribution in [0.5, 0.6) is 0 Å². The number of carbonyl (C=O) groups excluding carboxylic acids is 1. The number of aromatic nitrogens is 2. The van der Waals surface area contributed by atoms with E-state index in [-0.39, 0.29) is 29.4 Å².